The molecule has 0 spiro atoms. The van der Waals surface area contributed by atoms with Crippen molar-refractivity contribution in [2.24, 2.45) is 0 Å². The Labute approximate surface area is 125 Å². The topological polar surface area (TPSA) is 0 Å². The maximum absolute atomic E-state index is 11.9. The van der Waals surface area contributed by atoms with E-state index in [2.05, 4.69) is 0 Å². The summed E-state index contributed by atoms with van der Waals surface area (Å²) < 4.78 is 47.5. The van der Waals surface area contributed by atoms with Crippen molar-refractivity contribution in [3.8, 4) is 0 Å². The van der Waals surface area contributed by atoms with Crippen molar-refractivity contribution in [2.45, 2.75) is 88.4 Å². The Bertz CT molecular complexity index is 172. The van der Waals surface area contributed by atoms with Gasteiger partial charge in [0.1, 0.15) is 0 Å². The fraction of sp³-hybridized carbons (Fsp3) is 1.00. The van der Waals surface area contributed by atoms with Gasteiger partial charge >= 0.3 is 0 Å². The predicted octanol–water partition coefficient (Wildman–Crippen LogP) is 4.65. The second-order valence-corrected chi connectivity index (χ2v) is 9.84. The average Bonchev–Trinajstić information content (AvgIpc) is 2.38. The standard InChI is InChI=1S/C14H30F4Si2/c15-13(16)7-1-3-9-19-11-5-6-12-20-10-4-2-8-14(17)18/h13-14H,1-12,19-20H2. The third kappa shape index (κ3) is 18.2. The summed E-state index contributed by atoms with van der Waals surface area (Å²) in [6.45, 7) is 0. The first-order valence-electron chi connectivity index (χ1n) is 8.19. The molecule has 0 aliphatic rings. The van der Waals surface area contributed by atoms with E-state index >= 15 is 0 Å². The molecule has 0 aliphatic heterocycles. The van der Waals surface area contributed by atoms with Crippen LogP contribution >= 0.6 is 0 Å². The van der Waals surface area contributed by atoms with Gasteiger partial charge in [0.25, 0.3) is 0 Å². The first-order valence-corrected chi connectivity index (χ1v) is 12.2. The van der Waals surface area contributed by atoms with Gasteiger partial charge in [-0.1, -0.05) is 49.9 Å². The Morgan fingerprint density at radius 1 is 0.500 bits per heavy atom. The molecule has 0 saturated heterocycles. The van der Waals surface area contributed by atoms with Gasteiger partial charge in [0, 0.05) is 31.9 Å². The first-order chi connectivity index (χ1) is 9.63. The molecule has 0 atom stereocenters. The summed E-state index contributed by atoms with van der Waals surface area (Å²) >= 11 is 0. The molecule has 0 aliphatic carbocycles. The molecule has 122 valence electrons. The van der Waals surface area contributed by atoms with Crippen LogP contribution in [0.3, 0.4) is 0 Å². The highest BCUT2D eigenvalue weighted by atomic mass is 28.2. The Morgan fingerprint density at radius 3 is 1.10 bits per heavy atom. The van der Waals surface area contributed by atoms with Gasteiger partial charge in [-0.05, 0) is 12.8 Å². The molecule has 0 fully saturated rings. The van der Waals surface area contributed by atoms with Crippen LogP contribution in [0.1, 0.15) is 51.4 Å². The number of hydrogen-bond donors (Lipinski definition) is 0. The van der Waals surface area contributed by atoms with E-state index in [1.54, 1.807) is 0 Å². The van der Waals surface area contributed by atoms with E-state index in [1.807, 2.05) is 0 Å². The lowest BCUT2D eigenvalue weighted by Gasteiger charge is -2.02. The maximum Gasteiger partial charge on any atom is 0.238 e. The zero-order valence-corrected chi connectivity index (χ0v) is 15.4. The number of alkyl halides is 4. The first kappa shape index (κ1) is 20.2. The van der Waals surface area contributed by atoms with Gasteiger partial charge in [0.2, 0.25) is 12.9 Å². The lowest BCUT2D eigenvalue weighted by atomic mass is 10.3. The summed E-state index contributed by atoms with van der Waals surface area (Å²) in [7, 11) is -0.00621. The van der Waals surface area contributed by atoms with Crippen LogP contribution in [0.25, 0.3) is 0 Å². The van der Waals surface area contributed by atoms with E-state index in [1.165, 1.54) is 37.0 Å². The number of rotatable bonds is 15. The molecule has 0 saturated carbocycles. The van der Waals surface area contributed by atoms with Crippen LogP contribution in [0, 0.1) is 0 Å². The van der Waals surface area contributed by atoms with Gasteiger partial charge in [-0.3, -0.25) is 0 Å². The zero-order valence-electron chi connectivity index (χ0n) is 12.6. The largest absolute Gasteiger partial charge is 0.238 e. The molecule has 6 heteroatoms. The van der Waals surface area contributed by atoms with Crippen molar-refractivity contribution >= 4 is 19.0 Å². The second-order valence-electron chi connectivity index (χ2n) is 5.60. The van der Waals surface area contributed by atoms with Crippen molar-refractivity contribution in [1.82, 2.24) is 0 Å². The zero-order chi connectivity index (χ0) is 15.1. The molecule has 0 nitrogen and oxygen atoms in total. The van der Waals surface area contributed by atoms with Crippen LogP contribution in [0.2, 0.25) is 24.2 Å². The quantitative estimate of drug-likeness (QED) is 0.233. The molecule has 0 radical (unpaired) electrons. The van der Waals surface area contributed by atoms with Crippen molar-refractivity contribution in [3.63, 3.8) is 0 Å². The van der Waals surface area contributed by atoms with E-state index in [0.717, 1.165) is 12.8 Å². The molecule has 0 rings (SSSR count). The highest BCUT2D eigenvalue weighted by molar-refractivity contribution is 6.36. The minimum atomic E-state index is -2.12. The molecule has 0 aromatic carbocycles. The van der Waals surface area contributed by atoms with E-state index in [-0.39, 0.29) is 31.9 Å². The fourth-order valence-electron chi connectivity index (χ4n) is 2.37. The van der Waals surface area contributed by atoms with Crippen LogP contribution in [-0.4, -0.2) is 31.9 Å². The van der Waals surface area contributed by atoms with E-state index in [0.29, 0.717) is 12.8 Å². The highest BCUT2D eigenvalue weighted by Crippen LogP contribution is 2.11. The van der Waals surface area contributed by atoms with Gasteiger partial charge in [-0.25, -0.2) is 17.6 Å². The SMILES string of the molecule is FC(F)CCCC[SiH2]CCCC[SiH2]CCCCC(F)F. The third-order valence-electron chi connectivity index (χ3n) is 3.59. The summed E-state index contributed by atoms with van der Waals surface area (Å²) in [4.78, 5) is 0. The summed E-state index contributed by atoms with van der Waals surface area (Å²) in [5.74, 6) is 0. The number of hydrogen-bond acceptors (Lipinski definition) is 0. The Kier molecular flexibility index (Phi) is 15.7. The normalized spacial score (nSPS) is 12.9. The van der Waals surface area contributed by atoms with Crippen LogP contribution in [0.15, 0.2) is 0 Å². The van der Waals surface area contributed by atoms with Crippen LogP contribution in [0.4, 0.5) is 17.6 Å². The molecule has 0 aromatic rings. The molecule has 0 amide bonds. The van der Waals surface area contributed by atoms with Gasteiger partial charge in [0.05, 0.1) is 0 Å². The molecule has 20 heavy (non-hydrogen) atoms. The molecule has 0 N–H and O–H groups in total. The molecular formula is C14H30F4Si2. The Balaban J connectivity index is 2.96. The van der Waals surface area contributed by atoms with Gasteiger partial charge in [-0.2, -0.15) is 0 Å². The minimum absolute atomic E-state index is 0.00310. The van der Waals surface area contributed by atoms with Crippen LogP contribution < -0.4 is 0 Å². The average molecular weight is 331 g/mol. The lowest BCUT2D eigenvalue weighted by molar-refractivity contribution is 0.134. The maximum atomic E-state index is 11.9. The molecule has 0 unspecified atom stereocenters. The molecule has 0 aromatic heterocycles. The monoisotopic (exact) mass is 330 g/mol. The van der Waals surface area contributed by atoms with Crippen molar-refractivity contribution < 1.29 is 17.6 Å². The fourth-order valence-corrected chi connectivity index (χ4v) is 5.90. The van der Waals surface area contributed by atoms with Crippen LogP contribution in [0.5, 0.6) is 0 Å². The summed E-state index contributed by atoms with van der Waals surface area (Å²) in [5.41, 5.74) is 0. The molecule has 0 bridgehead atoms. The Morgan fingerprint density at radius 2 is 0.800 bits per heavy atom. The highest BCUT2D eigenvalue weighted by Gasteiger charge is 2.02. The van der Waals surface area contributed by atoms with Crippen molar-refractivity contribution in [2.75, 3.05) is 0 Å². The van der Waals surface area contributed by atoms with Crippen molar-refractivity contribution in [3.05, 3.63) is 0 Å². The minimum Gasteiger partial charge on any atom is -0.211 e. The second kappa shape index (κ2) is 15.5. The third-order valence-corrected chi connectivity index (χ3v) is 7.59. The molecule has 0 heterocycles. The summed E-state index contributed by atoms with van der Waals surface area (Å²) in [6, 6.07) is 5.15. The predicted molar refractivity (Wildman–Crippen MR) is 85.3 cm³/mol. The van der Waals surface area contributed by atoms with Crippen LogP contribution in [-0.2, 0) is 0 Å². The van der Waals surface area contributed by atoms with Gasteiger partial charge < -0.3 is 0 Å². The van der Waals surface area contributed by atoms with E-state index in [9.17, 15) is 17.6 Å². The summed E-state index contributed by atoms with van der Waals surface area (Å²) in [5, 5.41) is 0. The number of halogens is 4. The van der Waals surface area contributed by atoms with Gasteiger partial charge in [0.15, 0.2) is 0 Å². The number of unbranched alkanes of at least 4 members (excludes halogenated alkanes) is 3. The van der Waals surface area contributed by atoms with E-state index in [4.69, 9.17) is 0 Å². The Hall–Kier alpha value is 0.154. The van der Waals surface area contributed by atoms with E-state index < -0.39 is 12.9 Å². The summed E-state index contributed by atoms with van der Waals surface area (Å²) in [6.07, 6.45) is 1.90. The van der Waals surface area contributed by atoms with Gasteiger partial charge in [-0.15, -0.1) is 0 Å². The molecular weight excluding hydrogens is 300 g/mol. The smallest absolute Gasteiger partial charge is 0.211 e. The lowest BCUT2D eigenvalue weighted by Crippen LogP contribution is -1.95. The van der Waals surface area contributed by atoms with Crippen molar-refractivity contribution in [1.29, 1.82) is 0 Å².